The number of hydrogen-bond acceptors (Lipinski definition) is 5. The minimum atomic E-state index is -3.27. The van der Waals surface area contributed by atoms with E-state index in [-0.39, 0.29) is 0 Å². The third-order valence-corrected chi connectivity index (χ3v) is 3.83. The summed E-state index contributed by atoms with van der Waals surface area (Å²) < 4.78 is 24.6. The Kier molecular flexibility index (Phi) is 4.74. The van der Waals surface area contributed by atoms with E-state index in [4.69, 9.17) is 0 Å². The van der Waals surface area contributed by atoms with Crippen molar-refractivity contribution in [3.05, 3.63) is 42.2 Å². The molecule has 2 N–H and O–H groups in total. The molecular formula is C14H21N3O3S. The molecule has 0 bridgehead atoms. The zero-order valence-corrected chi connectivity index (χ0v) is 13.0. The molecule has 1 aromatic carbocycles. The molecule has 1 atom stereocenters. The standard InChI is InChI=1S/C14H21N3O3S/c1-16-9-10-17(11-16)8-7-14(18)12-3-5-13(6-4-12)15-21(2,19)20/h3-6,9-10,14-15,18H,7-8,11H2,1-2H3. The van der Waals surface area contributed by atoms with Gasteiger partial charge in [-0.3, -0.25) is 4.72 Å². The molecule has 0 saturated carbocycles. The summed E-state index contributed by atoms with van der Waals surface area (Å²) >= 11 is 0. The van der Waals surface area contributed by atoms with Crippen molar-refractivity contribution in [2.45, 2.75) is 12.5 Å². The minimum Gasteiger partial charge on any atom is -0.388 e. The van der Waals surface area contributed by atoms with Crippen LogP contribution in [0.2, 0.25) is 0 Å². The highest BCUT2D eigenvalue weighted by Crippen LogP contribution is 2.20. The summed E-state index contributed by atoms with van der Waals surface area (Å²) in [5.74, 6) is 0. The van der Waals surface area contributed by atoms with Gasteiger partial charge in [0, 0.05) is 31.7 Å². The molecule has 0 saturated heterocycles. The first-order valence-electron chi connectivity index (χ1n) is 6.72. The number of nitrogens with zero attached hydrogens (tertiary/aromatic N) is 2. The molecule has 1 aliphatic heterocycles. The predicted octanol–water partition coefficient (Wildman–Crippen LogP) is 1.16. The summed E-state index contributed by atoms with van der Waals surface area (Å²) in [4.78, 5) is 4.20. The van der Waals surface area contributed by atoms with Crippen LogP contribution < -0.4 is 4.72 Å². The Bertz CT molecular complexity index is 598. The predicted molar refractivity (Wildman–Crippen MR) is 83.0 cm³/mol. The summed E-state index contributed by atoms with van der Waals surface area (Å²) in [6.07, 6.45) is 5.17. The second-order valence-corrected chi connectivity index (χ2v) is 7.06. The SMILES string of the molecule is CN1C=CN(CCC(O)c2ccc(NS(C)(=O)=O)cc2)C1. The van der Waals surface area contributed by atoms with Gasteiger partial charge in [-0.15, -0.1) is 0 Å². The average Bonchev–Trinajstić information content (AvgIpc) is 2.81. The van der Waals surface area contributed by atoms with Gasteiger partial charge in [-0.25, -0.2) is 8.42 Å². The lowest BCUT2D eigenvalue weighted by atomic mass is 10.1. The molecule has 0 amide bonds. The van der Waals surface area contributed by atoms with Crippen LogP contribution in [0.3, 0.4) is 0 Å². The third kappa shape index (κ3) is 4.95. The highest BCUT2D eigenvalue weighted by molar-refractivity contribution is 7.92. The molecule has 1 aromatic rings. The van der Waals surface area contributed by atoms with Crippen LogP contribution in [0.15, 0.2) is 36.7 Å². The molecule has 1 heterocycles. The number of anilines is 1. The number of hydrogen-bond donors (Lipinski definition) is 2. The van der Waals surface area contributed by atoms with Crippen molar-refractivity contribution in [2.24, 2.45) is 0 Å². The number of benzene rings is 1. The molecule has 21 heavy (non-hydrogen) atoms. The number of sulfonamides is 1. The third-order valence-electron chi connectivity index (χ3n) is 3.23. The van der Waals surface area contributed by atoms with Gasteiger partial charge in [0.15, 0.2) is 0 Å². The van der Waals surface area contributed by atoms with Gasteiger partial charge in [0.25, 0.3) is 0 Å². The molecule has 7 heteroatoms. The molecule has 6 nitrogen and oxygen atoms in total. The van der Waals surface area contributed by atoms with Crippen LogP contribution in [0.4, 0.5) is 5.69 Å². The molecule has 1 aliphatic rings. The lowest BCUT2D eigenvalue weighted by molar-refractivity contribution is 0.149. The van der Waals surface area contributed by atoms with Crippen LogP contribution >= 0.6 is 0 Å². The monoisotopic (exact) mass is 311 g/mol. The first kappa shape index (κ1) is 15.7. The van der Waals surface area contributed by atoms with Gasteiger partial charge < -0.3 is 14.9 Å². The minimum absolute atomic E-state index is 0.498. The smallest absolute Gasteiger partial charge is 0.229 e. The van der Waals surface area contributed by atoms with Gasteiger partial charge in [0.05, 0.1) is 19.0 Å². The van der Waals surface area contributed by atoms with Crippen molar-refractivity contribution in [1.82, 2.24) is 9.80 Å². The number of rotatable bonds is 6. The van der Waals surface area contributed by atoms with Crippen molar-refractivity contribution in [3.8, 4) is 0 Å². The van der Waals surface area contributed by atoms with Crippen LogP contribution in [0, 0.1) is 0 Å². The number of nitrogens with one attached hydrogen (secondary N) is 1. The van der Waals surface area contributed by atoms with E-state index < -0.39 is 16.1 Å². The summed E-state index contributed by atoms with van der Waals surface area (Å²) in [7, 11) is -1.27. The quantitative estimate of drug-likeness (QED) is 0.825. The fourth-order valence-electron chi connectivity index (χ4n) is 2.18. The number of aliphatic hydroxyl groups excluding tert-OH is 1. The molecule has 2 rings (SSSR count). The van der Waals surface area contributed by atoms with E-state index in [1.165, 1.54) is 0 Å². The van der Waals surface area contributed by atoms with Crippen molar-refractivity contribution < 1.29 is 13.5 Å². The van der Waals surface area contributed by atoms with Gasteiger partial charge in [-0.1, -0.05) is 12.1 Å². The summed E-state index contributed by atoms with van der Waals surface area (Å²) in [5.41, 5.74) is 1.28. The normalized spacial score (nSPS) is 16.3. The zero-order valence-electron chi connectivity index (χ0n) is 12.2. The van der Waals surface area contributed by atoms with E-state index in [1.54, 1.807) is 24.3 Å². The van der Waals surface area contributed by atoms with Gasteiger partial charge in [0.2, 0.25) is 10.0 Å². The van der Waals surface area contributed by atoms with E-state index >= 15 is 0 Å². The molecular weight excluding hydrogens is 290 g/mol. The topological polar surface area (TPSA) is 72.9 Å². The highest BCUT2D eigenvalue weighted by Gasteiger charge is 2.12. The molecule has 0 aliphatic carbocycles. The lowest BCUT2D eigenvalue weighted by Gasteiger charge is -2.20. The van der Waals surface area contributed by atoms with Crippen LogP contribution in [0.1, 0.15) is 18.1 Å². The van der Waals surface area contributed by atoms with Crippen LogP contribution in [-0.4, -0.2) is 49.8 Å². The van der Waals surface area contributed by atoms with Gasteiger partial charge >= 0.3 is 0 Å². The van der Waals surface area contributed by atoms with E-state index in [9.17, 15) is 13.5 Å². The summed E-state index contributed by atoms with van der Waals surface area (Å²) in [6.45, 7) is 1.61. The molecule has 0 radical (unpaired) electrons. The molecule has 116 valence electrons. The second-order valence-electron chi connectivity index (χ2n) is 5.31. The van der Waals surface area contributed by atoms with Crippen LogP contribution in [-0.2, 0) is 10.0 Å². The maximum absolute atomic E-state index is 11.1. The number of aliphatic hydroxyl groups is 1. The Morgan fingerprint density at radius 1 is 1.29 bits per heavy atom. The molecule has 0 fully saturated rings. The van der Waals surface area contributed by atoms with Crippen molar-refractivity contribution in [2.75, 3.05) is 31.2 Å². The second kappa shape index (κ2) is 6.36. The molecule has 0 aromatic heterocycles. The summed E-state index contributed by atoms with van der Waals surface area (Å²) in [6, 6.07) is 6.79. The Hall–Kier alpha value is -1.73. The fourth-order valence-corrected chi connectivity index (χ4v) is 2.74. The van der Waals surface area contributed by atoms with Crippen LogP contribution in [0.25, 0.3) is 0 Å². The Balaban J connectivity index is 1.88. The van der Waals surface area contributed by atoms with Crippen molar-refractivity contribution in [3.63, 3.8) is 0 Å². The van der Waals surface area contributed by atoms with Gasteiger partial charge in [-0.2, -0.15) is 0 Å². The Labute approximate surface area is 125 Å². The average molecular weight is 311 g/mol. The Morgan fingerprint density at radius 3 is 2.48 bits per heavy atom. The first-order valence-corrected chi connectivity index (χ1v) is 8.61. The van der Waals surface area contributed by atoms with Gasteiger partial charge in [-0.05, 0) is 24.1 Å². The van der Waals surface area contributed by atoms with Crippen molar-refractivity contribution in [1.29, 1.82) is 0 Å². The van der Waals surface area contributed by atoms with Crippen LogP contribution in [0.5, 0.6) is 0 Å². The largest absolute Gasteiger partial charge is 0.388 e. The highest BCUT2D eigenvalue weighted by atomic mass is 32.2. The van der Waals surface area contributed by atoms with Gasteiger partial charge in [0.1, 0.15) is 0 Å². The fraction of sp³-hybridized carbons (Fsp3) is 0.429. The maximum atomic E-state index is 11.1. The zero-order chi connectivity index (χ0) is 15.5. The van der Waals surface area contributed by atoms with E-state index in [0.29, 0.717) is 12.1 Å². The maximum Gasteiger partial charge on any atom is 0.229 e. The Morgan fingerprint density at radius 2 is 1.95 bits per heavy atom. The molecule has 1 unspecified atom stereocenters. The molecule has 0 spiro atoms. The van der Waals surface area contributed by atoms with E-state index in [1.807, 2.05) is 19.4 Å². The van der Waals surface area contributed by atoms with E-state index in [0.717, 1.165) is 25.0 Å². The van der Waals surface area contributed by atoms with E-state index in [2.05, 4.69) is 14.5 Å². The summed E-state index contributed by atoms with van der Waals surface area (Å²) in [5, 5.41) is 10.2. The first-order chi connectivity index (χ1) is 9.83. The lowest BCUT2D eigenvalue weighted by Crippen LogP contribution is -2.24. The van der Waals surface area contributed by atoms with Crippen molar-refractivity contribution >= 4 is 15.7 Å².